The Morgan fingerprint density at radius 2 is 2.30 bits per heavy atom. The second-order valence-corrected chi connectivity index (χ2v) is 4.74. The first kappa shape index (κ1) is 14.4. The number of hydrazine groups is 1. The van der Waals surface area contributed by atoms with E-state index in [4.69, 9.17) is 10.6 Å². The normalized spacial score (nSPS) is 21.8. The number of nitrogen functional groups attached to an aromatic ring is 1. The maximum Gasteiger partial charge on any atom is 0.332 e. The lowest BCUT2D eigenvalue weighted by Crippen LogP contribution is -2.22. The monoisotopic (exact) mass is 282 g/mol. The third kappa shape index (κ3) is 2.94. The highest BCUT2D eigenvalue weighted by molar-refractivity contribution is 5.60. The molecule has 0 bridgehead atoms. The van der Waals surface area contributed by atoms with Crippen LogP contribution in [0.15, 0.2) is 0 Å². The van der Waals surface area contributed by atoms with Crippen LogP contribution in [0.5, 0.6) is 0 Å². The molecule has 9 nitrogen and oxygen atoms in total. The highest BCUT2D eigenvalue weighted by Crippen LogP contribution is 2.28. The van der Waals surface area contributed by atoms with E-state index in [9.17, 15) is 10.1 Å². The number of aryl methyl sites for hydroxylation is 1. The molecule has 2 rings (SSSR count). The van der Waals surface area contributed by atoms with Crippen molar-refractivity contribution < 1.29 is 9.66 Å². The maximum absolute atomic E-state index is 11.1. The lowest BCUT2D eigenvalue weighted by molar-refractivity contribution is -0.385. The van der Waals surface area contributed by atoms with Gasteiger partial charge in [0.25, 0.3) is 0 Å². The van der Waals surface area contributed by atoms with E-state index < -0.39 is 4.92 Å². The van der Waals surface area contributed by atoms with Gasteiger partial charge in [-0.1, -0.05) is 0 Å². The standard InChI is InChI=1S/C11H18N6O3/c1-6-9(17(18)19)10(15-11(14-6)16-12)13-5-8-3-4-20-7(8)2/h7-8H,3-5,12H2,1-2H3,(H2,13,14,15,16). The van der Waals surface area contributed by atoms with Crippen LogP contribution in [-0.2, 0) is 4.74 Å². The van der Waals surface area contributed by atoms with Crippen LogP contribution in [-0.4, -0.2) is 34.1 Å². The van der Waals surface area contributed by atoms with Gasteiger partial charge in [0.05, 0.1) is 11.0 Å². The Hall–Kier alpha value is -2.00. The van der Waals surface area contributed by atoms with E-state index in [0.29, 0.717) is 19.1 Å². The molecule has 2 unspecified atom stereocenters. The van der Waals surface area contributed by atoms with Crippen molar-refractivity contribution in [3.63, 3.8) is 0 Å². The molecule has 9 heteroatoms. The second-order valence-electron chi connectivity index (χ2n) is 4.74. The molecule has 1 fully saturated rings. The van der Waals surface area contributed by atoms with Crippen LogP contribution in [0.25, 0.3) is 0 Å². The summed E-state index contributed by atoms with van der Waals surface area (Å²) in [6.45, 7) is 4.81. The lowest BCUT2D eigenvalue weighted by atomic mass is 10.0. The molecule has 1 aliphatic heterocycles. The molecule has 0 amide bonds. The number of nitrogens with two attached hydrogens (primary N) is 1. The highest BCUT2D eigenvalue weighted by atomic mass is 16.6. The van der Waals surface area contributed by atoms with Crippen LogP contribution in [0.4, 0.5) is 17.5 Å². The SMILES string of the molecule is Cc1nc(NN)nc(NCC2CCOC2C)c1[N+](=O)[O-]. The van der Waals surface area contributed by atoms with Gasteiger partial charge in [0, 0.05) is 19.1 Å². The molecule has 0 aromatic carbocycles. The molecule has 0 spiro atoms. The molecule has 1 saturated heterocycles. The Morgan fingerprint density at radius 1 is 1.55 bits per heavy atom. The molecule has 2 atom stereocenters. The summed E-state index contributed by atoms with van der Waals surface area (Å²) >= 11 is 0. The van der Waals surface area contributed by atoms with Gasteiger partial charge >= 0.3 is 5.69 Å². The van der Waals surface area contributed by atoms with E-state index in [1.165, 1.54) is 0 Å². The molecule has 20 heavy (non-hydrogen) atoms. The number of hydrogen-bond donors (Lipinski definition) is 3. The molecular formula is C11H18N6O3. The third-order valence-electron chi connectivity index (χ3n) is 3.43. The number of hydrogen-bond acceptors (Lipinski definition) is 8. The average molecular weight is 282 g/mol. The van der Waals surface area contributed by atoms with Crippen LogP contribution in [0.2, 0.25) is 0 Å². The Morgan fingerprint density at radius 3 is 2.85 bits per heavy atom. The first-order valence-corrected chi connectivity index (χ1v) is 6.38. The number of nitro groups is 1. The van der Waals surface area contributed by atoms with Gasteiger partial charge in [-0.25, -0.2) is 10.8 Å². The Kier molecular flexibility index (Phi) is 4.30. The van der Waals surface area contributed by atoms with Crippen molar-refractivity contribution in [1.82, 2.24) is 9.97 Å². The van der Waals surface area contributed by atoms with Crippen LogP contribution in [0.1, 0.15) is 19.0 Å². The number of ether oxygens (including phenoxy) is 1. The topological polar surface area (TPSA) is 128 Å². The van der Waals surface area contributed by atoms with Crippen molar-refractivity contribution in [2.75, 3.05) is 23.9 Å². The molecule has 0 saturated carbocycles. The minimum absolute atomic E-state index is 0.129. The first-order valence-electron chi connectivity index (χ1n) is 6.38. The van der Waals surface area contributed by atoms with Crippen molar-refractivity contribution in [3.05, 3.63) is 15.8 Å². The van der Waals surface area contributed by atoms with Gasteiger partial charge in [-0.05, 0) is 20.3 Å². The number of nitrogens with one attached hydrogen (secondary N) is 2. The van der Waals surface area contributed by atoms with Gasteiger partial charge in [-0.15, -0.1) is 0 Å². The first-order chi connectivity index (χ1) is 9.52. The average Bonchev–Trinajstić information content (AvgIpc) is 2.80. The Balaban J connectivity index is 2.20. The Labute approximate surface area is 116 Å². The molecule has 2 heterocycles. The zero-order valence-electron chi connectivity index (χ0n) is 11.4. The van der Waals surface area contributed by atoms with Crippen molar-refractivity contribution >= 4 is 17.5 Å². The molecule has 1 aromatic heterocycles. The van der Waals surface area contributed by atoms with Gasteiger partial charge in [0.15, 0.2) is 0 Å². The Bertz CT molecular complexity index is 509. The molecule has 110 valence electrons. The van der Waals surface area contributed by atoms with Crippen molar-refractivity contribution in [1.29, 1.82) is 0 Å². The number of rotatable bonds is 5. The number of aromatic nitrogens is 2. The summed E-state index contributed by atoms with van der Waals surface area (Å²) in [4.78, 5) is 18.6. The van der Waals surface area contributed by atoms with Gasteiger partial charge in [0.2, 0.25) is 11.8 Å². The summed E-state index contributed by atoms with van der Waals surface area (Å²) < 4.78 is 5.46. The molecule has 0 radical (unpaired) electrons. The van der Waals surface area contributed by atoms with Gasteiger partial charge in [-0.3, -0.25) is 15.5 Å². The van der Waals surface area contributed by atoms with Crippen LogP contribution >= 0.6 is 0 Å². The summed E-state index contributed by atoms with van der Waals surface area (Å²) in [5.41, 5.74) is 2.43. The highest BCUT2D eigenvalue weighted by Gasteiger charge is 2.27. The summed E-state index contributed by atoms with van der Waals surface area (Å²) in [5.74, 6) is 5.89. The van der Waals surface area contributed by atoms with E-state index in [1.54, 1.807) is 6.92 Å². The zero-order chi connectivity index (χ0) is 14.7. The predicted octanol–water partition coefficient (Wildman–Crippen LogP) is 0.816. The molecular weight excluding hydrogens is 264 g/mol. The van der Waals surface area contributed by atoms with Crippen LogP contribution in [0.3, 0.4) is 0 Å². The van der Waals surface area contributed by atoms with E-state index >= 15 is 0 Å². The molecule has 0 aliphatic carbocycles. The molecule has 1 aromatic rings. The van der Waals surface area contributed by atoms with E-state index in [2.05, 4.69) is 20.7 Å². The van der Waals surface area contributed by atoms with E-state index in [1.807, 2.05) is 6.92 Å². The zero-order valence-corrected chi connectivity index (χ0v) is 11.4. The minimum Gasteiger partial charge on any atom is -0.378 e. The van der Waals surface area contributed by atoms with Crippen molar-refractivity contribution in [2.45, 2.75) is 26.4 Å². The fraction of sp³-hybridized carbons (Fsp3) is 0.636. The van der Waals surface area contributed by atoms with Gasteiger partial charge in [0.1, 0.15) is 5.69 Å². The third-order valence-corrected chi connectivity index (χ3v) is 3.43. The molecule has 1 aliphatic rings. The smallest absolute Gasteiger partial charge is 0.332 e. The van der Waals surface area contributed by atoms with Crippen LogP contribution < -0.4 is 16.6 Å². The largest absolute Gasteiger partial charge is 0.378 e. The van der Waals surface area contributed by atoms with E-state index in [-0.39, 0.29) is 29.3 Å². The number of nitrogens with zero attached hydrogens (tertiary/aromatic N) is 3. The predicted molar refractivity (Wildman–Crippen MR) is 73.2 cm³/mol. The summed E-state index contributed by atoms with van der Waals surface area (Å²) in [6.07, 6.45) is 1.06. The summed E-state index contributed by atoms with van der Waals surface area (Å²) in [7, 11) is 0. The maximum atomic E-state index is 11.1. The lowest BCUT2D eigenvalue weighted by Gasteiger charge is -2.15. The van der Waals surface area contributed by atoms with Crippen LogP contribution in [0, 0.1) is 23.0 Å². The summed E-state index contributed by atoms with van der Waals surface area (Å²) in [5, 5.41) is 14.1. The van der Waals surface area contributed by atoms with Crippen molar-refractivity contribution in [3.8, 4) is 0 Å². The number of anilines is 2. The fourth-order valence-corrected chi connectivity index (χ4v) is 2.25. The molecule has 4 N–H and O–H groups in total. The van der Waals surface area contributed by atoms with Gasteiger partial charge in [-0.2, -0.15) is 4.98 Å². The fourth-order valence-electron chi connectivity index (χ4n) is 2.25. The van der Waals surface area contributed by atoms with Gasteiger partial charge < -0.3 is 10.1 Å². The second kappa shape index (κ2) is 5.97. The van der Waals surface area contributed by atoms with E-state index in [0.717, 1.165) is 6.42 Å². The minimum atomic E-state index is -0.494. The van der Waals surface area contributed by atoms with Crippen molar-refractivity contribution in [2.24, 2.45) is 11.8 Å². The quantitative estimate of drug-likeness (QED) is 0.411. The summed E-state index contributed by atoms with van der Waals surface area (Å²) in [6, 6.07) is 0.